The van der Waals surface area contributed by atoms with Crippen molar-refractivity contribution in [2.24, 2.45) is 5.92 Å². The lowest BCUT2D eigenvalue weighted by atomic mass is 9.96. The molecule has 0 atom stereocenters. The van der Waals surface area contributed by atoms with Crippen LogP contribution in [-0.4, -0.2) is 59.6 Å². The van der Waals surface area contributed by atoms with Gasteiger partial charge in [-0.05, 0) is 50.9 Å². The zero-order valence-corrected chi connectivity index (χ0v) is 13.9. The van der Waals surface area contributed by atoms with Crippen LogP contribution in [0.2, 0.25) is 0 Å². The molecule has 0 saturated carbocycles. The number of carboxylic acid groups (broad SMARTS) is 1. The van der Waals surface area contributed by atoms with E-state index in [0.29, 0.717) is 19.6 Å². The fourth-order valence-electron chi connectivity index (χ4n) is 2.83. The monoisotopic (exact) mass is 334 g/mol. The van der Waals surface area contributed by atoms with Gasteiger partial charge < -0.3 is 15.7 Å². The zero-order chi connectivity index (χ0) is 17.2. The number of anilines is 1. The highest BCUT2D eigenvalue weighted by atomic mass is 16.4. The largest absolute Gasteiger partial charge is 0.480 e. The molecule has 7 nitrogen and oxygen atoms in total. The molecule has 1 aliphatic heterocycles. The molecular formula is C17H26N4O3. The van der Waals surface area contributed by atoms with Gasteiger partial charge >= 0.3 is 5.97 Å². The van der Waals surface area contributed by atoms with Gasteiger partial charge in [0.15, 0.2) is 0 Å². The molecule has 132 valence electrons. The molecule has 1 aromatic rings. The van der Waals surface area contributed by atoms with Crippen molar-refractivity contribution in [1.82, 2.24) is 15.2 Å². The number of unbranched alkanes of at least 4 members (excludes halogenated alkanes) is 1. The van der Waals surface area contributed by atoms with Crippen molar-refractivity contribution in [2.75, 3.05) is 38.0 Å². The van der Waals surface area contributed by atoms with Crippen molar-refractivity contribution >= 4 is 17.7 Å². The van der Waals surface area contributed by atoms with Crippen LogP contribution in [0.1, 0.15) is 25.7 Å². The number of nitrogens with zero attached hydrogens (tertiary/aromatic N) is 2. The summed E-state index contributed by atoms with van der Waals surface area (Å²) in [7, 11) is 0. The Balaban J connectivity index is 1.52. The predicted octanol–water partition coefficient (Wildman–Crippen LogP) is 1.19. The summed E-state index contributed by atoms with van der Waals surface area (Å²) in [6.45, 7) is 2.94. The van der Waals surface area contributed by atoms with Crippen molar-refractivity contribution in [2.45, 2.75) is 25.7 Å². The second kappa shape index (κ2) is 9.87. The van der Waals surface area contributed by atoms with E-state index in [1.165, 1.54) is 0 Å². The first kappa shape index (κ1) is 18.2. The van der Waals surface area contributed by atoms with Crippen molar-refractivity contribution in [3.63, 3.8) is 0 Å². The number of carboxylic acids is 1. The molecule has 1 amide bonds. The third-order valence-corrected chi connectivity index (χ3v) is 4.19. The van der Waals surface area contributed by atoms with Crippen LogP contribution in [0.25, 0.3) is 0 Å². The molecule has 1 fully saturated rings. The molecule has 1 aromatic heterocycles. The minimum absolute atomic E-state index is 0.0155. The molecule has 2 heterocycles. The molecule has 0 aromatic carbocycles. The number of hydrogen-bond acceptors (Lipinski definition) is 5. The quantitative estimate of drug-likeness (QED) is 0.587. The van der Waals surface area contributed by atoms with Gasteiger partial charge in [0.25, 0.3) is 0 Å². The minimum Gasteiger partial charge on any atom is -0.480 e. The summed E-state index contributed by atoms with van der Waals surface area (Å²) >= 11 is 0. The maximum Gasteiger partial charge on any atom is 0.317 e. The van der Waals surface area contributed by atoms with Crippen LogP contribution in [0, 0.1) is 5.92 Å². The molecule has 0 spiro atoms. The number of likely N-dealkylation sites (tertiary alicyclic amines) is 1. The Morgan fingerprint density at radius 3 is 2.62 bits per heavy atom. The number of amides is 1. The van der Waals surface area contributed by atoms with Crippen LogP contribution in [0.3, 0.4) is 0 Å². The van der Waals surface area contributed by atoms with Gasteiger partial charge in [-0.15, -0.1) is 0 Å². The van der Waals surface area contributed by atoms with E-state index >= 15 is 0 Å². The summed E-state index contributed by atoms with van der Waals surface area (Å²) in [5.74, 6) is 0.177. The SMILES string of the molecule is O=C(O)CN1CCC(C(=O)NCCCCNc2ccccn2)CC1. The summed E-state index contributed by atoms with van der Waals surface area (Å²) in [6.07, 6.45) is 5.11. The number of rotatable bonds is 9. The van der Waals surface area contributed by atoms with Gasteiger partial charge in [-0.2, -0.15) is 0 Å². The van der Waals surface area contributed by atoms with Crippen molar-refractivity contribution in [3.05, 3.63) is 24.4 Å². The Kier molecular flexibility index (Phi) is 7.48. The van der Waals surface area contributed by atoms with Gasteiger partial charge in [0.2, 0.25) is 5.91 Å². The third-order valence-electron chi connectivity index (χ3n) is 4.19. The molecule has 3 N–H and O–H groups in total. The fraction of sp³-hybridized carbons (Fsp3) is 0.588. The standard InChI is InChI=1S/C17H26N4O3/c22-16(23)13-21-11-6-14(7-12-21)17(24)20-10-4-3-9-19-15-5-1-2-8-18-15/h1-2,5,8,14H,3-4,6-7,9-13H2,(H,18,19)(H,20,24)(H,22,23). The smallest absolute Gasteiger partial charge is 0.317 e. The molecular weight excluding hydrogens is 308 g/mol. The number of piperidine rings is 1. The highest BCUT2D eigenvalue weighted by Gasteiger charge is 2.25. The van der Waals surface area contributed by atoms with E-state index in [-0.39, 0.29) is 18.4 Å². The first-order chi connectivity index (χ1) is 11.6. The Bertz CT molecular complexity index is 516. The molecule has 1 saturated heterocycles. The summed E-state index contributed by atoms with van der Waals surface area (Å²) in [5.41, 5.74) is 0. The molecule has 0 bridgehead atoms. The Morgan fingerprint density at radius 2 is 1.96 bits per heavy atom. The van der Waals surface area contributed by atoms with E-state index in [9.17, 15) is 9.59 Å². The van der Waals surface area contributed by atoms with Crippen molar-refractivity contribution in [3.8, 4) is 0 Å². The van der Waals surface area contributed by atoms with Gasteiger partial charge in [0.05, 0.1) is 6.54 Å². The summed E-state index contributed by atoms with van der Waals surface area (Å²) < 4.78 is 0. The lowest BCUT2D eigenvalue weighted by molar-refractivity contribution is -0.138. The first-order valence-corrected chi connectivity index (χ1v) is 8.52. The first-order valence-electron chi connectivity index (χ1n) is 8.52. The second-order valence-corrected chi connectivity index (χ2v) is 6.08. The van der Waals surface area contributed by atoms with E-state index < -0.39 is 5.97 Å². The number of pyridine rings is 1. The second-order valence-electron chi connectivity index (χ2n) is 6.08. The van der Waals surface area contributed by atoms with Crippen LogP contribution in [-0.2, 0) is 9.59 Å². The van der Waals surface area contributed by atoms with Gasteiger partial charge in [-0.3, -0.25) is 14.5 Å². The van der Waals surface area contributed by atoms with E-state index in [2.05, 4.69) is 15.6 Å². The third kappa shape index (κ3) is 6.54. The van der Waals surface area contributed by atoms with E-state index in [0.717, 1.165) is 38.0 Å². The van der Waals surface area contributed by atoms with E-state index in [1.54, 1.807) is 6.20 Å². The van der Waals surface area contributed by atoms with Gasteiger partial charge in [0, 0.05) is 25.2 Å². The highest BCUT2D eigenvalue weighted by molar-refractivity contribution is 5.78. The Labute approximate surface area is 142 Å². The van der Waals surface area contributed by atoms with Crippen molar-refractivity contribution < 1.29 is 14.7 Å². The molecule has 0 unspecified atom stereocenters. The van der Waals surface area contributed by atoms with Gasteiger partial charge in [-0.25, -0.2) is 4.98 Å². The maximum absolute atomic E-state index is 12.1. The highest BCUT2D eigenvalue weighted by Crippen LogP contribution is 2.17. The lowest BCUT2D eigenvalue weighted by Crippen LogP contribution is -2.42. The fourth-order valence-corrected chi connectivity index (χ4v) is 2.83. The number of carbonyl (C=O) groups is 2. The summed E-state index contributed by atoms with van der Waals surface area (Å²) in [4.78, 5) is 28.9. The van der Waals surface area contributed by atoms with Gasteiger partial charge in [0.1, 0.15) is 5.82 Å². The average Bonchev–Trinajstić information content (AvgIpc) is 2.59. The number of hydrogen-bond donors (Lipinski definition) is 3. The van der Waals surface area contributed by atoms with Crippen LogP contribution >= 0.6 is 0 Å². The topological polar surface area (TPSA) is 94.6 Å². The average molecular weight is 334 g/mol. The summed E-state index contributed by atoms with van der Waals surface area (Å²) in [5, 5.41) is 15.0. The molecule has 24 heavy (non-hydrogen) atoms. The maximum atomic E-state index is 12.1. The normalized spacial score (nSPS) is 15.8. The van der Waals surface area contributed by atoms with E-state index in [4.69, 9.17) is 5.11 Å². The predicted molar refractivity (Wildman–Crippen MR) is 91.8 cm³/mol. The lowest BCUT2D eigenvalue weighted by Gasteiger charge is -2.29. The number of carbonyl (C=O) groups excluding carboxylic acids is 1. The Morgan fingerprint density at radius 1 is 1.21 bits per heavy atom. The van der Waals surface area contributed by atoms with Gasteiger partial charge in [-0.1, -0.05) is 6.07 Å². The zero-order valence-electron chi connectivity index (χ0n) is 13.9. The molecule has 0 radical (unpaired) electrons. The molecule has 2 rings (SSSR count). The van der Waals surface area contributed by atoms with Crippen LogP contribution in [0.15, 0.2) is 24.4 Å². The Hall–Kier alpha value is -2.15. The number of aliphatic carboxylic acids is 1. The summed E-state index contributed by atoms with van der Waals surface area (Å²) in [6, 6.07) is 5.75. The molecule has 7 heteroatoms. The van der Waals surface area contributed by atoms with Crippen LogP contribution in [0.5, 0.6) is 0 Å². The number of aromatic nitrogens is 1. The molecule has 0 aliphatic carbocycles. The van der Waals surface area contributed by atoms with E-state index in [1.807, 2.05) is 23.1 Å². The minimum atomic E-state index is -0.808. The molecule has 1 aliphatic rings. The van der Waals surface area contributed by atoms with Crippen LogP contribution < -0.4 is 10.6 Å². The van der Waals surface area contributed by atoms with Crippen LogP contribution in [0.4, 0.5) is 5.82 Å². The van der Waals surface area contributed by atoms with Crippen molar-refractivity contribution in [1.29, 1.82) is 0 Å². The number of nitrogens with one attached hydrogen (secondary N) is 2.